The summed E-state index contributed by atoms with van der Waals surface area (Å²) in [7, 11) is -4.63. The summed E-state index contributed by atoms with van der Waals surface area (Å²) >= 11 is 6.58. The molecule has 16 heteroatoms. The van der Waals surface area contributed by atoms with Crippen LogP contribution in [0.4, 0.5) is 17.1 Å². The average molecular weight is 837 g/mol. The van der Waals surface area contributed by atoms with E-state index in [1.54, 1.807) is 24.4 Å². The summed E-state index contributed by atoms with van der Waals surface area (Å²) in [6.45, 7) is 1.41. The molecular formula is C43H41ClN6O8S. The highest BCUT2D eigenvalue weighted by Crippen LogP contribution is 2.40. The molecule has 4 N–H and O–H groups in total. The van der Waals surface area contributed by atoms with Gasteiger partial charge < -0.3 is 29.8 Å². The quantitative estimate of drug-likeness (QED) is 0.0685. The molecule has 14 nitrogen and oxygen atoms in total. The van der Waals surface area contributed by atoms with Crippen LogP contribution in [0.3, 0.4) is 0 Å². The van der Waals surface area contributed by atoms with Gasteiger partial charge in [-0.2, -0.15) is 0 Å². The molecule has 2 aliphatic rings. The topological polar surface area (TPSA) is 189 Å². The molecule has 6 aromatic rings. The summed E-state index contributed by atoms with van der Waals surface area (Å²) in [5, 5.41) is 27.4. The maximum atomic E-state index is 13.9. The third kappa shape index (κ3) is 8.73. The number of sulfonamides is 1. The van der Waals surface area contributed by atoms with Gasteiger partial charge >= 0.3 is 0 Å². The number of nitro benzene ring substituents is 1. The molecule has 2 aliphatic heterocycles. The van der Waals surface area contributed by atoms with E-state index < -0.39 is 37.0 Å². The maximum Gasteiger partial charge on any atom is 0.293 e. The van der Waals surface area contributed by atoms with E-state index in [-0.39, 0.29) is 36.2 Å². The van der Waals surface area contributed by atoms with Crippen molar-refractivity contribution in [1.82, 2.24) is 14.7 Å². The number of H-pyrrole nitrogens is 1. The molecule has 2 atom stereocenters. The highest BCUT2D eigenvalue weighted by Gasteiger charge is 2.31. The SMILES string of the molecule is O=C(NS(=O)(=O)c1ccc(NCC2(O)CCCCOC2)c([N+](=O)[O-])c1)c1ccc(-c2ccc(N3CCCC3c3ccccc3Cl)cc2)cc1Oc1cnc2[nH]ccc2c1. The number of aliphatic hydroxyl groups is 1. The third-order valence-electron chi connectivity index (χ3n) is 10.7. The standard InChI is InChI=1S/C43H41ClN6O8S/c44-36-7-2-1-6-34(36)38-8-5-20-49(38)31-12-9-28(10-13-31)29-11-15-35(40(23-29)58-32-22-30-17-19-45-41(30)46-25-32)42(51)48-59(55,56)33-14-16-37(39(24-33)50(53)54)47-26-43(52)18-3-4-21-57-27-43/h1-2,6-7,9-17,19,22-25,38,47,52H,3-5,8,18,20-21,26-27H2,(H,45,46)(H,48,51). The Bertz CT molecular complexity index is 2630. The molecule has 4 aromatic carbocycles. The molecule has 8 rings (SSSR count). The van der Waals surface area contributed by atoms with Gasteiger partial charge in [-0.1, -0.05) is 48.0 Å². The van der Waals surface area contributed by atoms with Crippen LogP contribution < -0.4 is 19.7 Å². The zero-order valence-electron chi connectivity index (χ0n) is 31.8. The van der Waals surface area contributed by atoms with Gasteiger partial charge in [0.05, 0.1) is 34.2 Å². The number of aromatic amines is 1. The molecule has 1 amide bonds. The van der Waals surface area contributed by atoms with Gasteiger partial charge in [0.1, 0.15) is 28.4 Å². The number of amides is 1. The largest absolute Gasteiger partial charge is 0.455 e. The summed E-state index contributed by atoms with van der Waals surface area (Å²) in [6, 6.07) is 27.7. The number of carbonyl (C=O) groups excluding carboxylic acids is 1. The number of hydrogen-bond donors (Lipinski definition) is 4. The van der Waals surface area contributed by atoms with E-state index in [0.29, 0.717) is 30.0 Å². The lowest BCUT2D eigenvalue weighted by molar-refractivity contribution is -0.384. The van der Waals surface area contributed by atoms with Crippen LogP contribution in [0.1, 0.15) is 54.1 Å². The van der Waals surface area contributed by atoms with Gasteiger partial charge in [0.25, 0.3) is 21.6 Å². The second-order valence-corrected chi connectivity index (χ2v) is 16.9. The minimum Gasteiger partial charge on any atom is -0.455 e. The number of pyridine rings is 1. The van der Waals surface area contributed by atoms with Crippen LogP contribution in [0, 0.1) is 10.1 Å². The highest BCUT2D eigenvalue weighted by atomic mass is 35.5. The van der Waals surface area contributed by atoms with Crippen molar-refractivity contribution in [3.05, 3.63) is 136 Å². The van der Waals surface area contributed by atoms with Crippen molar-refractivity contribution < 1.29 is 32.7 Å². The van der Waals surface area contributed by atoms with Gasteiger partial charge in [-0.3, -0.25) is 14.9 Å². The Morgan fingerprint density at radius 3 is 2.66 bits per heavy atom. The lowest BCUT2D eigenvalue weighted by Gasteiger charge is -2.28. The molecule has 0 aliphatic carbocycles. The monoisotopic (exact) mass is 836 g/mol. The normalized spacial score (nSPS) is 18.3. The first-order valence-corrected chi connectivity index (χ1v) is 21.1. The lowest BCUT2D eigenvalue weighted by atomic mass is 9.98. The lowest BCUT2D eigenvalue weighted by Crippen LogP contribution is -2.40. The van der Waals surface area contributed by atoms with Crippen LogP contribution >= 0.6 is 11.6 Å². The fourth-order valence-corrected chi connectivity index (χ4v) is 8.92. The van der Waals surface area contributed by atoms with Crippen LogP contribution in [0.25, 0.3) is 22.2 Å². The van der Waals surface area contributed by atoms with Crippen molar-refractivity contribution >= 4 is 55.6 Å². The number of nitrogens with zero attached hydrogens (tertiary/aromatic N) is 3. The van der Waals surface area contributed by atoms with E-state index in [1.807, 2.05) is 48.5 Å². The Morgan fingerprint density at radius 2 is 1.85 bits per heavy atom. The van der Waals surface area contributed by atoms with E-state index >= 15 is 0 Å². The number of anilines is 2. The fraction of sp³-hybridized carbons (Fsp3) is 0.256. The number of nitro groups is 1. The molecule has 2 aromatic heterocycles. The van der Waals surface area contributed by atoms with E-state index in [1.165, 1.54) is 18.3 Å². The Morgan fingerprint density at radius 1 is 1.03 bits per heavy atom. The molecule has 4 heterocycles. The number of halogens is 1. The minimum atomic E-state index is -4.63. The predicted octanol–water partition coefficient (Wildman–Crippen LogP) is 8.39. The summed E-state index contributed by atoms with van der Waals surface area (Å²) in [4.78, 5) is 34.5. The molecule has 2 unspecified atom stereocenters. The average Bonchev–Trinajstić information content (AvgIpc) is 3.86. The van der Waals surface area contributed by atoms with Crippen LogP contribution in [-0.4, -0.2) is 66.2 Å². The molecule has 2 saturated heterocycles. The zero-order valence-corrected chi connectivity index (χ0v) is 33.3. The highest BCUT2D eigenvalue weighted by molar-refractivity contribution is 7.90. The number of aromatic nitrogens is 2. The Kier molecular flexibility index (Phi) is 11.3. The number of fused-ring (bicyclic) bond motifs is 1. The summed E-state index contributed by atoms with van der Waals surface area (Å²) < 4.78 is 41.1. The van der Waals surface area contributed by atoms with Gasteiger partial charge in [0.2, 0.25) is 0 Å². The Hall–Kier alpha value is -6.00. The summed E-state index contributed by atoms with van der Waals surface area (Å²) in [5.74, 6) is -0.655. The number of nitrogens with one attached hydrogen (secondary N) is 3. The third-order valence-corrected chi connectivity index (χ3v) is 12.4. The second kappa shape index (κ2) is 16.7. The minimum absolute atomic E-state index is 0.00564. The van der Waals surface area contributed by atoms with Crippen LogP contribution in [-0.2, 0) is 14.8 Å². The maximum absolute atomic E-state index is 13.9. The van der Waals surface area contributed by atoms with Crippen LogP contribution in [0.2, 0.25) is 5.02 Å². The number of hydrogen-bond acceptors (Lipinski definition) is 11. The van der Waals surface area contributed by atoms with Crippen molar-refractivity contribution in [1.29, 1.82) is 0 Å². The number of ether oxygens (including phenoxy) is 2. The van der Waals surface area contributed by atoms with E-state index in [9.17, 15) is 28.4 Å². The first-order chi connectivity index (χ1) is 28.5. The summed E-state index contributed by atoms with van der Waals surface area (Å²) in [6.07, 6.45) is 7.18. The number of carbonyl (C=O) groups is 1. The first-order valence-electron chi connectivity index (χ1n) is 19.2. The summed E-state index contributed by atoms with van der Waals surface area (Å²) in [5.41, 5.74) is 2.39. The number of benzene rings is 4. The molecular weight excluding hydrogens is 796 g/mol. The van der Waals surface area contributed by atoms with Crippen LogP contribution in [0.15, 0.2) is 114 Å². The van der Waals surface area contributed by atoms with Gasteiger partial charge in [-0.25, -0.2) is 18.1 Å². The molecule has 2 fully saturated rings. The van der Waals surface area contributed by atoms with Crippen LogP contribution in [0.5, 0.6) is 11.5 Å². The van der Waals surface area contributed by atoms with Crippen molar-refractivity contribution in [3.63, 3.8) is 0 Å². The molecule has 59 heavy (non-hydrogen) atoms. The van der Waals surface area contributed by atoms with Crippen molar-refractivity contribution in [3.8, 4) is 22.6 Å². The number of rotatable bonds is 12. The molecule has 304 valence electrons. The Labute approximate surface area is 345 Å². The molecule has 0 saturated carbocycles. The van der Waals surface area contributed by atoms with E-state index in [2.05, 4.69) is 31.0 Å². The van der Waals surface area contributed by atoms with Crippen molar-refractivity contribution in [2.24, 2.45) is 0 Å². The predicted molar refractivity (Wildman–Crippen MR) is 225 cm³/mol. The van der Waals surface area contributed by atoms with Gasteiger partial charge in [0, 0.05) is 48.1 Å². The van der Waals surface area contributed by atoms with E-state index in [4.69, 9.17) is 21.1 Å². The molecule has 0 spiro atoms. The first kappa shape index (κ1) is 39.8. The van der Waals surface area contributed by atoms with E-state index in [0.717, 1.165) is 71.6 Å². The van der Waals surface area contributed by atoms with Crippen molar-refractivity contribution in [2.45, 2.75) is 48.6 Å². The van der Waals surface area contributed by atoms with Crippen molar-refractivity contribution in [2.75, 3.05) is 36.5 Å². The smallest absolute Gasteiger partial charge is 0.293 e. The van der Waals surface area contributed by atoms with Gasteiger partial charge in [-0.15, -0.1) is 0 Å². The zero-order chi connectivity index (χ0) is 41.1. The second-order valence-electron chi connectivity index (χ2n) is 14.8. The molecule has 0 bridgehead atoms. The van der Waals surface area contributed by atoms with Gasteiger partial charge in [-0.05, 0) is 103 Å². The Balaban J connectivity index is 1.06. The molecule has 0 radical (unpaired) electrons. The fourth-order valence-electron chi connectivity index (χ4n) is 7.67. The van der Waals surface area contributed by atoms with Gasteiger partial charge in [0.15, 0.2) is 0 Å².